The van der Waals surface area contributed by atoms with Crippen LogP contribution in [-0.2, 0) is 0 Å². The fraction of sp³-hybridized carbons (Fsp3) is 1.00. The maximum absolute atomic E-state index is 9.34. The second-order valence-corrected chi connectivity index (χ2v) is 7.38. The first kappa shape index (κ1) is 7.62. The molecule has 1 aliphatic rings. The molecular weight excluding hydrogens is 175 g/mol. The molecule has 0 aliphatic heterocycles. The summed E-state index contributed by atoms with van der Waals surface area (Å²) in [6.07, 6.45) is 6.79. The van der Waals surface area contributed by atoms with Crippen molar-refractivity contribution >= 4 is 15.0 Å². The molecule has 9 heavy (non-hydrogen) atoms. The summed E-state index contributed by atoms with van der Waals surface area (Å²) < 4.78 is 10.1. The molecule has 1 nitrogen and oxygen atoms in total. The molecular formula is C7H16AsO. The normalized spacial score (nSPS) is 26.0. The van der Waals surface area contributed by atoms with Crippen LogP contribution in [0.3, 0.4) is 0 Å². The van der Waals surface area contributed by atoms with E-state index in [0.717, 1.165) is 4.71 Å². The van der Waals surface area contributed by atoms with E-state index in [1.165, 1.54) is 32.1 Å². The Morgan fingerprint density at radius 2 is 1.78 bits per heavy atom. The van der Waals surface area contributed by atoms with Crippen LogP contribution in [0.2, 0.25) is 10.4 Å². The van der Waals surface area contributed by atoms with Gasteiger partial charge >= 0.3 is 61.6 Å². The van der Waals surface area contributed by atoms with Gasteiger partial charge in [-0.15, -0.1) is 0 Å². The SMILES string of the molecule is C[AsH](O)C1CCCCC1. The molecule has 0 amide bonds. The zero-order valence-electron chi connectivity index (χ0n) is 6.06. The van der Waals surface area contributed by atoms with Crippen molar-refractivity contribution in [2.75, 3.05) is 0 Å². The van der Waals surface area contributed by atoms with Crippen LogP contribution in [0, 0.1) is 0 Å². The molecule has 1 radical (unpaired) electrons. The van der Waals surface area contributed by atoms with Gasteiger partial charge in [-0.3, -0.25) is 0 Å². The van der Waals surface area contributed by atoms with Crippen LogP contribution < -0.4 is 0 Å². The zero-order chi connectivity index (χ0) is 6.69. The minimum absolute atomic E-state index is 0.777. The van der Waals surface area contributed by atoms with Crippen molar-refractivity contribution in [2.24, 2.45) is 0 Å². The van der Waals surface area contributed by atoms with E-state index < -0.39 is 15.0 Å². The van der Waals surface area contributed by atoms with Gasteiger partial charge in [0.1, 0.15) is 0 Å². The van der Waals surface area contributed by atoms with E-state index in [1.807, 2.05) is 0 Å². The van der Waals surface area contributed by atoms with Gasteiger partial charge in [0.05, 0.1) is 0 Å². The van der Waals surface area contributed by atoms with Crippen LogP contribution in [0.5, 0.6) is 0 Å². The predicted molar refractivity (Wildman–Crippen MR) is 42.1 cm³/mol. The summed E-state index contributed by atoms with van der Waals surface area (Å²) in [7, 11) is 0. The Morgan fingerprint density at radius 1 is 1.22 bits per heavy atom. The van der Waals surface area contributed by atoms with Crippen LogP contribution >= 0.6 is 0 Å². The first-order chi connectivity index (χ1) is 4.30. The van der Waals surface area contributed by atoms with Crippen molar-refractivity contribution in [2.45, 2.75) is 42.5 Å². The van der Waals surface area contributed by atoms with Crippen molar-refractivity contribution in [1.29, 1.82) is 0 Å². The molecule has 1 aliphatic carbocycles. The second kappa shape index (κ2) is 3.63. The summed E-state index contributed by atoms with van der Waals surface area (Å²) in [5.74, 6) is 0. The van der Waals surface area contributed by atoms with Gasteiger partial charge in [-0.05, 0) is 0 Å². The first-order valence-corrected chi connectivity index (χ1v) is 8.08. The molecule has 1 rings (SSSR count). The quantitative estimate of drug-likeness (QED) is 0.625. The second-order valence-electron chi connectivity index (χ2n) is 2.98. The molecule has 0 spiro atoms. The molecule has 0 aromatic rings. The topological polar surface area (TPSA) is 20.2 Å². The Kier molecular flexibility index (Phi) is 3.07. The van der Waals surface area contributed by atoms with E-state index in [4.69, 9.17) is 0 Å². The van der Waals surface area contributed by atoms with E-state index >= 15 is 0 Å². The number of hydrogen-bond acceptors (Lipinski definition) is 1. The molecule has 1 atom stereocenters. The molecule has 1 saturated carbocycles. The molecule has 1 N–H and O–H groups in total. The van der Waals surface area contributed by atoms with Crippen LogP contribution in [-0.4, -0.2) is 19.1 Å². The van der Waals surface area contributed by atoms with Gasteiger partial charge in [0, 0.05) is 0 Å². The molecule has 0 saturated heterocycles. The Morgan fingerprint density at radius 3 is 2.11 bits per heavy atom. The fourth-order valence-corrected chi connectivity index (χ4v) is 4.13. The average Bonchev–Trinajstić information content (AvgIpc) is 1.90. The summed E-state index contributed by atoms with van der Waals surface area (Å²) >= 11 is -1.49. The summed E-state index contributed by atoms with van der Waals surface area (Å²) in [5, 5.41) is 0. The van der Waals surface area contributed by atoms with Gasteiger partial charge < -0.3 is 0 Å². The number of rotatable bonds is 1. The van der Waals surface area contributed by atoms with Crippen molar-refractivity contribution < 1.29 is 4.10 Å². The molecule has 0 aromatic heterocycles. The van der Waals surface area contributed by atoms with Crippen molar-refractivity contribution in [3.63, 3.8) is 0 Å². The van der Waals surface area contributed by atoms with Crippen molar-refractivity contribution in [3.8, 4) is 0 Å². The van der Waals surface area contributed by atoms with Crippen LogP contribution in [0.25, 0.3) is 0 Å². The van der Waals surface area contributed by atoms with E-state index in [2.05, 4.69) is 5.71 Å². The Bertz CT molecular complexity index is 77.0. The molecule has 1 unspecified atom stereocenters. The Hall–Kier alpha value is 0.518. The molecule has 2 heteroatoms. The predicted octanol–water partition coefficient (Wildman–Crippen LogP) is 1.67. The minimum atomic E-state index is -1.49. The summed E-state index contributed by atoms with van der Waals surface area (Å²) in [4.78, 5) is 0. The summed E-state index contributed by atoms with van der Waals surface area (Å²) in [5.41, 5.74) is 2.08. The fourth-order valence-electron chi connectivity index (χ4n) is 1.52. The molecule has 0 aromatic carbocycles. The molecule has 0 bridgehead atoms. The van der Waals surface area contributed by atoms with Gasteiger partial charge in [0.15, 0.2) is 0 Å². The Balaban J connectivity index is 2.23. The van der Waals surface area contributed by atoms with E-state index in [1.54, 1.807) is 0 Å². The van der Waals surface area contributed by atoms with Gasteiger partial charge in [0.2, 0.25) is 0 Å². The molecule has 0 heterocycles. The third-order valence-electron chi connectivity index (χ3n) is 2.20. The third-order valence-corrected chi connectivity index (χ3v) is 5.89. The van der Waals surface area contributed by atoms with E-state index in [0.29, 0.717) is 0 Å². The molecule has 55 valence electrons. The summed E-state index contributed by atoms with van der Waals surface area (Å²) in [6.45, 7) is 0. The molecule has 1 fully saturated rings. The third kappa shape index (κ3) is 2.31. The van der Waals surface area contributed by atoms with Gasteiger partial charge in [-0.2, -0.15) is 0 Å². The average molecular weight is 191 g/mol. The van der Waals surface area contributed by atoms with Gasteiger partial charge in [-0.25, -0.2) is 0 Å². The Labute approximate surface area is 62.1 Å². The van der Waals surface area contributed by atoms with E-state index in [-0.39, 0.29) is 0 Å². The van der Waals surface area contributed by atoms with Gasteiger partial charge in [0.25, 0.3) is 0 Å². The summed E-state index contributed by atoms with van der Waals surface area (Å²) in [6, 6.07) is 0. The monoisotopic (exact) mass is 191 g/mol. The zero-order valence-corrected chi connectivity index (χ0v) is 8.16. The van der Waals surface area contributed by atoms with Crippen molar-refractivity contribution in [3.05, 3.63) is 0 Å². The maximum atomic E-state index is 9.34. The standard InChI is InChI=1S/C7H16AsO/c1-8(9)7-5-3-2-4-6-7/h7-9H,2-6H2,1H3. The van der Waals surface area contributed by atoms with Crippen LogP contribution in [0.15, 0.2) is 0 Å². The first-order valence-electron chi connectivity index (χ1n) is 3.83. The van der Waals surface area contributed by atoms with Crippen molar-refractivity contribution in [1.82, 2.24) is 0 Å². The van der Waals surface area contributed by atoms with E-state index in [9.17, 15) is 4.10 Å². The van der Waals surface area contributed by atoms with Gasteiger partial charge in [-0.1, -0.05) is 0 Å². The number of hydrogen-bond donors (Lipinski definition) is 1. The van der Waals surface area contributed by atoms with Crippen LogP contribution in [0.1, 0.15) is 32.1 Å². The van der Waals surface area contributed by atoms with Crippen LogP contribution in [0.4, 0.5) is 0 Å².